The van der Waals surface area contributed by atoms with Crippen LogP contribution < -0.4 is 5.32 Å². The summed E-state index contributed by atoms with van der Waals surface area (Å²) in [5, 5.41) is 23.5. The van der Waals surface area contributed by atoms with Crippen LogP contribution in [0.1, 0.15) is 245 Å². The Morgan fingerprint density at radius 1 is 0.500 bits per heavy atom. The molecule has 0 bridgehead atoms. The highest BCUT2D eigenvalue weighted by atomic mass is 16.5. The number of amides is 1. The first-order valence-corrected chi connectivity index (χ1v) is 22.3. The van der Waals surface area contributed by atoms with Crippen LogP contribution in [0.5, 0.6) is 0 Å². The molecule has 0 spiro atoms. The smallest absolute Gasteiger partial charge is 0.306 e. The number of unbranched alkanes of at least 4 members (excludes halogenated alkanes) is 28. The molecule has 6 nitrogen and oxygen atoms in total. The van der Waals surface area contributed by atoms with Crippen LogP contribution in [0, 0.1) is 0 Å². The zero-order valence-corrected chi connectivity index (χ0v) is 33.8. The average molecular weight is 710 g/mol. The summed E-state index contributed by atoms with van der Waals surface area (Å²) in [5.41, 5.74) is 0. The number of rotatable bonds is 40. The molecular weight excluding hydrogens is 622 g/mol. The second-order valence-corrected chi connectivity index (χ2v) is 15.5. The lowest BCUT2D eigenvalue weighted by molar-refractivity contribution is -0.151. The number of ether oxygens (including phenoxy) is 1. The molecule has 0 aliphatic heterocycles. The largest absolute Gasteiger partial charge is 0.462 e. The van der Waals surface area contributed by atoms with Crippen molar-refractivity contribution in [3.05, 3.63) is 0 Å². The van der Waals surface area contributed by atoms with Gasteiger partial charge in [-0.15, -0.1) is 0 Å². The van der Waals surface area contributed by atoms with Gasteiger partial charge in [0, 0.05) is 6.42 Å². The Morgan fingerprint density at radius 2 is 0.840 bits per heavy atom. The van der Waals surface area contributed by atoms with Crippen molar-refractivity contribution in [1.29, 1.82) is 0 Å². The number of hydrogen-bond donors (Lipinski definition) is 3. The van der Waals surface area contributed by atoms with Gasteiger partial charge in [0.2, 0.25) is 5.91 Å². The monoisotopic (exact) mass is 710 g/mol. The molecule has 0 aliphatic carbocycles. The maximum atomic E-state index is 13.0. The molecular formula is C44H87NO5. The van der Waals surface area contributed by atoms with E-state index in [9.17, 15) is 19.8 Å². The van der Waals surface area contributed by atoms with Gasteiger partial charge in [-0.25, -0.2) is 0 Å². The highest BCUT2D eigenvalue weighted by Crippen LogP contribution is 2.18. The number of nitrogens with one attached hydrogen (secondary N) is 1. The Bertz CT molecular complexity index is 717. The predicted octanol–water partition coefficient (Wildman–Crippen LogP) is 12.4. The van der Waals surface area contributed by atoms with E-state index < -0.39 is 18.2 Å². The first kappa shape index (κ1) is 48.9. The summed E-state index contributed by atoms with van der Waals surface area (Å²) in [4.78, 5) is 25.8. The summed E-state index contributed by atoms with van der Waals surface area (Å²) in [6.07, 6.45) is 38.8. The van der Waals surface area contributed by atoms with Crippen molar-refractivity contribution in [1.82, 2.24) is 5.32 Å². The highest BCUT2D eigenvalue weighted by Gasteiger charge is 2.24. The van der Waals surface area contributed by atoms with Crippen LogP contribution in [0.4, 0.5) is 0 Å². The minimum Gasteiger partial charge on any atom is -0.462 e. The van der Waals surface area contributed by atoms with Gasteiger partial charge in [-0.2, -0.15) is 0 Å². The quantitative estimate of drug-likeness (QED) is 0.0435. The number of aliphatic hydroxyl groups is 2. The van der Waals surface area contributed by atoms with Crippen molar-refractivity contribution in [3.63, 3.8) is 0 Å². The topological polar surface area (TPSA) is 95.9 Å². The zero-order chi connectivity index (χ0) is 36.8. The molecule has 3 atom stereocenters. The molecule has 0 fully saturated rings. The van der Waals surface area contributed by atoms with Crippen LogP contribution in [-0.4, -0.2) is 46.9 Å². The third-order valence-corrected chi connectivity index (χ3v) is 10.4. The van der Waals surface area contributed by atoms with Crippen molar-refractivity contribution in [2.45, 2.75) is 264 Å². The molecule has 0 aromatic carbocycles. The average Bonchev–Trinajstić information content (AvgIpc) is 3.10. The van der Waals surface area contributed by atoms with Crippen molar-refractivity contribution in [3.8, 4) is 0 Å². The minimum atomic E-state index is -0.776. The lowest BCUT2D eigenvalue weighted by Crippen LogP contribution is -2.46. The molecule has 50 heavy (non-hydrogen) atoms. The van der Waals surface area contributed by atoms with E-state index in [4.69, 9.17) is 4.74 Å². The van der Waals surface area contributed by atoms with Crippen molar-refractivity contribution < 1.29 is 24.5 Å². The Hall–Kier alpha value is -1.14. The molecule has 6 heteroatoms. The second kappa shape index (κ2) is 39.1. The van der Waals surface area contributed by atoms with Gasteiger partial charge in [-0.05, 0) is 25.7 Å². The maximum Gasteiger partial charge on any atom is 0.306 e. The van der Waals surface area contributed by atoms with E-state index in [0.717, 1.165) is 44.9 Å². The zero-order valence-electron chi connectivity index (χ0n) is 33.8. The first-order chi connectivity index (χ1) is 24.5. The fourth-order valence-corrected chi connectivity index (χ4v) is 7.02. The summed E-state index contributed by atoms with van der Waals surface area (Å²) in [7, 11) is 0. The van der Waals surface area contributed by atoms with E-state index in [2.05, 4.69) is 26.1 Å². The lowest BCUT2D eigenvalue weighted by atomic mass is 10.0. The molecule has 0 heterocycles. The van der Waals surface area contributed by atoms with Gasteiger partial charge in [-0.1, -0.05) is 207 Å². The standard InChI is InChI=1S/C44H87NO5/c1-4-7-10-13-16-19-21-22-23-25-28-31-34-37-44(49)50-40(35-32-29-26-18-15-12-9-6-3)38-43(48)45-41(39-46)42(47)36-33-30-27-24-20-17-14-11-8-5-2/h40-42,46-47H,4-39H2,1-3H3,(H,45,48). The van der Waals surface area contributed by atoms with Gasteiger partial charge in [-0.3, -0.25) is 9.59 Å². The molecule has 0 radical (unpaired) electrons. The van der Waals surface area contributed by atoms with Gasteiger partial charge in [0.05, 0.1) is 25.2 Å². The van der Waals surface area contributed by atoms with Crippen LogP contribution in [0.25, 0.3) is 0 Å². The Kier molecular flexibility index (Phi) is 38.2. The highest BCUT2D eigenvalue weighted by molar-refractivity contribution is 5.77. The Labute approximate surface area is 311 Å². The van der Waals surface area contributed by atoms with Crippen LogP contribution in [0.15, 0.2) is 0 Å². The van der Waals surface area contributed by atoms with E-state index in [0.29, 0.717) is 19.3 Å². The van der Waals surface area contributed by atoms with E-state index in [1.54, 1.807) is 0 Å². The first-order valence-electron chi connectivity index (χ1n) is 22.3. The molecule has 298 valence electrons. The van der Waals surface area contributed by atoms with Gasteiger partial charge in [0.25, 0.3) is 0 Å². The van der Waals surface area contributed by atoms with Crippen LogP contribution >= 0.6 is 0 Å². The summed E-state index contributed by atoms with van der Waals surface area (Å²) in [6.45, 7) is 6.45. The van der Waals surface area contributed by atoms with Crippen molar-refractivity contribution in [2.24, 2.45) is 0 Å². The number of esters is 1. The van der Waals surface area contributed by atoms with E-state index >= 15 is 0 Å². The fraction of sp³-hybridized carbons (Fsp3) is 0.955. The van der Waals surface area contributed by atoms with E-state index in [1.165, 1.54) is 154 Å². The summed E-state index contributed by atoms with van der Waals surface area (Å²) >= 11 is 0. The predicted molar refractivity (Wildman–Crippen MR) is 214 cm³/mol. The summed E-state index contributed by atoms with van der Waals surface area (Å²) in [6, 6.07) is -0.689. The third-order valence-electron chi connectivity index (χ3n) is 10.4. The van der Waals surface area contributed by atoms with E-state index in [1.807, 2.05) is 0 Å². The molecule has 0 saturated carbocycles. The third kappa shape index (κ3) is 34.0. The Balaban J connectivity index is 4.47. The van der Waals surface area contributed by atoms with Gasteiger partial charge in [0.15, 0.2) is 0 Å². The molecule has 1 amide bonds. The molecule has 3 N–H and O–H groups in total. The number of aliphatic hydroxyl groups excluding tert-OH is 2. The molecule has 0 rings (SSSR count). The Morgan fingerprint density at radius 3 is 1.22 bits per heavy atom. The summed E-state index contributed by atoms with van der Waals surface area (Å²) in [5.74, 6) is -0.463. The molecule has 0 aromatic heterocycles. The molecule has 0 saturated heterocycles. The number of hydrogen-bond acceptors (Lipinski definition) is 5. The SMILES string of the molecule is CCCCCCCCCCCCCCCC(=O)OC(CCCCCCCCCC)CC(=O)NC(CO)C(O)CCCCCCCCCCCC. The van der Waals surface area contributed by atoms with Crippen LogP contribution in [0.2, 0.25) is 0 Å². The number of carbonyl (C=O) groups excluding carboxylic acids is 2. The fourth-order valence-electron chi connectivity index (χ4n) is 7.02. The molecule has 0 aliphatic rings. The lowest BCUT2D eigenvalue weighted by Gasteiger charge is -2.24. The van der Waals surface area contributed by atoms with Crippen LogP contribution in [-0.2, 0) is 14.3 Å². The summed E-state index contributed by atoms with van der Waals surface area (Å²) < 4.78 is 5.88. The van der Waals surface area contributed by atoms with E-state index in [-0.39, 0.29) is 24.9 Å². The molecule has 3 unspecified atom stereocenters. The van der Waals surface area contributed by atoms with Gasteiger partial charge < -0.3 is 20.3 Å². The minimum absolute atomic E-state index is 0.0856. The maximum absolute atomic E-state index is 13.0. The second-order valence-electron chi connectivity index (χ2n) is 15.5. The van der Waals surface area contributed by atoms with Crippen molar-refractivity contribution in [2.75, 3.05) is 6.61 Å². The van der Waals surface area contributed by atoms with Gasteiger partial charge >= 0.3 is 5.97 Å². The van der Waals surface area contributed by atoms with Crippen LogP contribution in [0.3, 0.4) is 0 Å². The normalized spacial score (nSPS) is 13.3. The number of carbonyl (C=O) groups is 2. The molecule has 0 aromatic rings. The van der Waals surface area contributed by atoms with Gasteiger partial charge in [0.1, 0.15) is 6.10 Å². The van der Waals surface area contributed by atoms with Crippen molar-refractivity contribution >= 4 is 11.9 Å².